The molecular weight excluding hydrogens is 328 g/mol. The van der Waals surface area contributed by atoms with Gasteiger partial charge in [0.25, 0.3) is 0 Å². The van der Waals surface area contributed by atoms with Crippen LogP contribution in [0.15, 0.2) is 29.2 Å². The maximum absolute atomic E-state index is 12.4. The van der Waals surface area contributed by atoms with Crippen LogP contribution in [0.3, 0.4) is 0 Å². The molecular formula is C16H20N4O3S. The lowest BCUT2D eigenvalue weighted by atomic mass is 10.2. The molecule has 0 spiro atoms. The number of sulfonamides is 1. The first kappa shape index (κ1) is 18.0. The van der Waals surface area contributed by atoms with Gasteiger partial charge in [0, 0.05) is 7.05 Å². The van der Waals surface area contributed by atoms with Gasteiger partial charge in [-0.05, 0) is 37.6 Å². The Kier molecular flexibility index (Phi) is 5.59. The molecule has 0 saturated heterocycles. The monoisotopic (exact) mass is 348 g/mol. The lowest BCUT2D eigenvalue weighted by molar-refractivity contribution is 0.316. The molecule has 7 nitrogen and oxygen atoms in total. The van der Waals surface area contributed by atoms with Gasteiger partial charge in [0.05, 0.1) is 35.0 Å². The van der Waals surface area contributed by atoms with Gasteiger partial charge in [-0.25, -0.2) is 13.1 Å². The molecule has 0 radical (unpaired) electrons. The molecule has 0 saturated carbocycles. The van der Waals surface area contributed by atoms with Crippen LogP contribution in [0.4, 0.5) is 0 Å². The Morgan fingerprint density at radius 2 is 2.12 bits per heavy atom. The summed E-state index contributed by atoms with van der Waals surface area (Å²) in [6, 6.07) is 8.05. The van der Waals surface area contributed by atoms with E-state index in [9.17, 15) is 13.7 Å². The molecule has 1 aromatic heterocycles. The molecule has 0 aliphatic rings. The molecule has 0 atom stereocenters. The Balaban J connectivity index is 2.19. The molecule has 128 valence electrons. The maximum Gasteiger partial charge on any atom is 0.240 e. The Morgan fingerprint density at radius 1 is 1.38 bits per heavy atom. The quantitative estimate of drug-likeness (QED) is 0.824. The largest absolute Gasteiger partial charge is 0.492 e. The number of rotatable bonds is 7. The first-order chi connectivity index (χ1) is 11.4. The molecule has 1 heterocycles. The second-order valence-corrected chi connectivity index (χ2v) is 7.11. The van der Waals surface area contributed by atoms with Crippen LogP contribution in [-0.2, 0) is 23.6 Å². The fourth-order valence-electron chi connectivity index (χ4n) is 2.18. The van der Waals surface area contributed by atoms with Crippen molar-refractivity contribution in [3.63, 3.8) is 0 Å². The predicted octanol–water partition coefficient (Wildman–Crippen LogP) is 1.87. The highest BCUT2D eigenvalue weighted by atomic mass is 32.2. The first-order valence-electron chi connectivity index (χ1n) is 7.53. The summed E-state index contributed by atoms with van der Waals surface area (Å²) >= 11 is 0. The van der Waals surface area contributed by atoms with Gasteiger partial charge in [-0.1, -0.05) is 6.92 Å². The van der Waals surface area contributed by atoms with Gasteiger partial charge < -0.3 is 4.74 Å². The fourth-order valence-corrected chi connectivity index (χ4v) is 3.21. The summed E-state index contributed by atoms with van der Waals surface area (Å²) in [7, 11) is -1.98. The van der Waals surface area contributed by atoms with Crippen LogP contribution in [0.5, 0.6) is 5.75 Å². The Labute approximate surface area is 141 Å². The normalized spacial score (nSPS) is 11.2. The molecule has 0 amide bonds. The molecule has 0 aliphatic heterocycles. The van der Waals surface area contributed by atoms with Crippen molar-refractivity contribution in [1.82, 2.24) is 14.5 Å². The summed E-state index contributed by atoms with van der Waals surface area (Å²) in [5.41, 5.74) is 1.76. The molecule has 0 unspecified atom stereocenters. The van der Waals surface area contributed by atoms with Crippen LogP contribution in [-0.4, -0.2) is 24.8 Å². The molecule has 0 bridgehead atoms. The summed E-state index contributed by atoms with van der Waals surface area (Å²) < 4.78 is 34.4. The summed E-state index contributed by atoms with van der Waals surface area (Å²) in [4.78, 5) is 0.0294. The van der Waals surface area contributed by atoms with Crippen LogP contribution >= 0.6 is 0 Å². The summed E-state index contributed by atoms with van der Waals surface area (Å²) in [6.45, 7) is 4.38. The topological polar surface area (TPSA) is 97.0 Å². The van der Waals surface area contributed by atoms with Crippen molar-refractivity contribution in [1.29, 1.82) is 5.26 Å². The number of ether oxygens (including phenoxy) is 1. The van der Waals surface area contributed by atoms with Gasteiger partial charge in [0.1, 0.15) is 11.8 Å². The van der Waals surface area contributed by atoms with Crippen molar-refractivity contribution in [2.75, 3.05) is 6.61 Å². The van der Waals surface area contributed by atoms with Crippen LogP contribution in [0, 0.1) is 18.3 Å². The predicted molar refractivity (Wildman–Crippen MR) is 88.9 cm³/mol. The number of nitrogens with zero attached hydrogens (tertiary/aromatic N) is 3. The minimum Gasteiger partial charge on any atom is -0.492 e. The number of aromatic nitrogens is 2. The second-order valence-electron chi connectivity index (χ2n) is 5.34. The Bertz CT molecular complexity index is 866. The standard InChI is InChI=1S/C16H20N4O3S/c1-4-7-23-16-6-5-15(9-13(16)10-17)24(21,22)18-11-14-8-12(2)19-20(14)3/h5-6,8-9,18H,4,7,11H2,1-3H3. The van der Waals surface area contributed by atoms with Gasteiger partial charge in [-0.3, -0.25) is 4.68 Å². The minimum atomic E-state index is -3.73. The SMILES string of the molecule is CCCOc1ccc(S(=O)(=O)NCc2cc(C)nn2C)cc1C#N. The van der Waals surface area contributed by atoms with Crippen molar-refractivity contribution in [3.05, 3.63) is 41.2 Å². The number of benzene rings is 1. The molecule has 1 aromatic carbocycles. The van der Waals surface area contributed by atoms with Crippen LogP contribution < -0.4 is 9.46 Å². The van der Waals surface area contributed by atoms with Crippen LogP contribution in [0.1, 0.15) is 30.3 Å². The van der Waals surface area contributed by atoms with Crippen molar-refractivity contribution in [3.8, 4) is 11.8 Å². The highest BCUT2D eigenvalue weighted by Gasteiger charge is 2.17. The van der Waals surface area contributed by atoms with Crippen molar-refractivity contribution in [2.24, 2.45) is 7.05 Å². The van der Waals surface area contributed by atoms with E-state index in [2.05, 4.69) is 9.82 Å². The Morgan fingerprint density at radius 3 is 2.71 bits per heavy atom. The summed E-state index contributed by atoms with van der Waals surface area (Å²) in [5.74, 6) is 0.389. The highest BCUT2D eigenvalue weighted by molar-refractivity contribution is 7.89. The van der Waals surface area contributed by atoms with Crippen LogP contribution in [0.25, 0.3) is 0 Å². The average Bonchev–Trinajstić information content (AvgIpc) is 2.88. The lowest BCUT2D eigenvalue weighted by Gasteiger charge is -2.10. The zero-order valence-electron chi connectivity index (χ0n) is 13.9. The van der Waals surface area contributed by atoms with E-state index in [0.29, 0.717) is 12.4 Å². The minimum absolute atomic E-state index is 0.0294. The van der Waals surface area contributed by atoms with Gasteiger partial charge in [-0.15, -0.1) is 0 Å². The fraction of sp³-hybridized carbons (Fsp3) is 0.375. The number of aryl methyl sites for hydroxylation is 2. The molecule has 0 fully saturated rings. The van der Waals surface area contributed by atoms with Crippen molar-refractivity contribution in [2.45, 2.75) is 31.7 Å². The highest BCUT2D eigenvalue weighted by Crippen LogP contribution is 2.22. The number of nitrogens with one attached hydrogen (secondary N) is 1. The van der Waals surface area contributed by atoms with Gasteiger partial charge in [-0.2, -0.15) is 10.4 Å². The summed E-state index contributed by atoms with van der Waals surface area (Å²) in [5, 5.41) is 13.4. The van der Waals surface area contributed by atoms with E-state index in [1.54, 1.807) is 11.7 Å². The van der Waals surface area contributed by atoms with Gasteiger partial charge in [0.2, 0.25) is 10.0 Å². The van der Waals surface area contributed by atoms with E-state index in [4.69, 9.17) is 4.74 Å². The van der Waals surface area contributed by atoms with E-state index in [-0.39, 0.29) is 17.0 Å². The van der Waals surface area contributed by atoms with E-state index in [1.165, 1.54) is 18.2 Å². The van der Waals surface area contributed by atoms with Crippen molar-refractivity contribution < 1.29 is 13.2 Å². The molecule has 2 rings (SSSR count). The number of nitriles is 1. The molecule has 2 aromatic rings. The van der Waals surface area contributed by atoms with E-state index >= 15 is 0 Å². The molecule has 8 heteroatoms. The average molecular weight is 348 g/mol. The van der Waals surface area contributed by atoms with Gasteiger partial charge in [0.15, 0.2) is 0 Å². The molecule has 1 N–H and O–H groups in total. The first-order valence-corrected chi connectivity index (χ1v) is 9.02. The zero-order valence-corrected chi connectivity index (χ0v) is 14.7. The number of hydrogen-bond acceptors (Lipinski definition) is 5. The Hall–Kier alpha value is -2.37. The summed E-state index contributed by atoms with van der Waals surface area (Å²) in [6.07, 6.45) is 0.802. The number of hydrogen-bond donors (Lipinski definition) is 1. The zero-order chi connectivity index (χ0) is 17.7. The third kappa shape index (κ3) is 4.13. The maximum atomic E-state index is 12.4. The van der Waals surface area contributed by atoms with E-state index in [1.807, 2.05) is 26.0 Å². The van der Waals surface area contributed by atoms with E-state index < -0.39 is 10.0 Å². The lowest BCUT2D eigenvalue weighted by Crippen LogP contribution is -2.24. The smallest absolute Gasteiger partial charge is 0.240 e. The van der Waals surface area contributed by atoms with E-state index in [0.717, 1.165) is 17.8 Å². The third-order valence-corrected chi connectivity index (χ3v) is 4.78. The van der Waals surface area contributed by atoms with Gasteiger partial charge >= 0.3 is 0 Å². The molecule has 24 heavy (non-hydrogen) atoms. The second kappa shape index (κ2) is 7.47. The van der Waals surface area contributed by atoms with Crippen LogP contribution in [0.2, 0.25) is 0 Å². The molecule has 0 aliphatic carbocycles. The van der Waals surface area contributed by atoms with Crippen molar-refractivity contribution >= 4 is 10.0 Å². The third-order valence-electron chi connectivity index (χ3n) is 3.39.